The predicted octanol–water partition coefficient (Wildman–Crippen LogP) is 3.88. The number of amides is 2. The molecule has 2 rings (SSSR count). The van der Waals surface area contributed by atoms with Crippen LogP contribution in [0.3, 0.4) is 0 Å². The molecule has 2 aromatic carbocycles. The van der Waals surface area contributed by atoms with Crippen molar-refractivity contribution in [2.24, 2.45) is 0 Å². The van der Waals surface area contributed by atoms with Gasteiger partial charge < -0.3 is 15.0 Å². The summed E-state index contributed by atoms with van der Waals surface area (Å²) in [5, 5.41) is 2.95. The van der Waals surface area contributed by atoms with Crippen molar-refractivity contribution in [2.75, 3.05) is 13.7 Å². The summed E-state index contributed by atoms with van der Waals surface area (Å²) in [7, 11) is 1.62. The van der Waals surface area contributed by atoms with Crippen LogP contribution in [0.15, 0.2) is 48.5 Å². The number of carbonyl (C=O) groups excluding carboxylic acids is 2. The van der Waals surface area contributed by atoms with E-state index in [1.54, 1.807) is 12.0 Å². The zero-order valence-corrected chi connectivity index (χ0v) is 17.9. The van der Waals surface area contributed by atoms with Crippen molar-refractivity contribution < 1.29 is 14.3 Å². The Morgan fingerprint density at radius 3 is 2.34 bits per heavy atom. The minimum atomic E-state index is -0.500. The quantitative estimate of drug-likeness (QED) is 0.663. The molecule has 29 heavy (non-hydrogen) atoms. The van der Waals surface area contributed by atoms with Gasteiger partial charge in [0.05, 0.1) is 13.5 Å². The molecule has 0 aromatic heterocycles. The molecule has 5 heteroatoms. The second kappa shape index (κ2) is 11.2. The minimum absolute atomic E-state index is 0.0476. The van der Waals surface area contributed by atoms with Gasteiger partial charge in [0.1, 0.15) is 11.8 Å². The number of hydrogen-bond donors (Lipinski definition) is 1. The topological polar surface area (TPSA) is 58.6 Å². The first kappa shape index (κ1) is 22.5. The first-order valence-corrected chi connectivity index (χ1v) is 10.2. The molecular weight excluding hydrogens is 364 g/mol. The van der Waals surface area contributed by atoms with Crippen LogP contribution in [0.5, 0.6) is 5.75 Å². The number of methoxy groups -OCH3 is 1. The predicted molar refractivity (Wildman–Crippen MR) is 116 cm³/mol. The van der Waals surface area contributed by atoms with Crippen LogP contribution in [0.1, 0.15) is 43.4 Å². The Morgan fingerprint density at radius 1 is 1.07 bits per heavy atom. The van der Waals surface area contributed by atoms with Crippen molar-refractivity contribution in [3.8, 4) is 5.75 Å². The zero-order chi connectivity index (χ0) is 21.2. The standard InChI is InChI=1S/C24H32N2O3/c1-5-15-25-24(28)22(6-2)26(17-19-11-13-21(29-4)14-12-19)23(27)16-20-10-8-7-9-18(20)3/h7-14,22H,5-6,15-17H2,1-4H3,(H,25,28)/t22-/m1/s1. The number of aryl methyl sites for hydroxylation is 1. The highest BCUT2D eigenvalue weighted by Gasteiger charge is 2.28. The largest absolute Gasteiger partial charge is 0.497 e. The van der Waals surface area contributed by atoms with Gasteiger partial charge in [0, 0.05) is 13.1 Å². The van der Waals surface area contributed by atoms with Gasteiger partial charge in [-0.15, -0.1) is 0 Å². The molecule has 0 saturated heterocycles. The Bertz CT molecular complexity index is 802. The molecule has 0 aliphatic heterocycles. The van der Waals surface area contributed by atoms with Gasteiger partial charge in [0.25, 0.3) is 0 Å². The summed E-state index contributed by atoms with van der Waals surface area (Å²) in [5.41, 5.74) is 3.03. The highest BCUT2D eigenvalue weighted by Crippen LogP contribution is 2.18. The van der Waals surface area contributed by atoms with E-state index in [-0.39, 0.29) is 18.2 Å². The molecular formula is C24H32N2O3. The van der Waals surface area contributed by atoms with Gasteiger partial charge in [0.2, 0.25) is 11.8 Å². The van der Waals surface area contributed by atoms with Crippen molar-refractivity contribution >= 4 is 11.8 Å². The second-order valence-corrected chi connectivity index (χ2v) is 7.19. The summed E-state index contributed by atoms with van der Waals surface area (Å²) in [6.07, 6.45) is 1.70. The molecule has 0 spiro atoms. The van der Waals surface area contributed by atoms with Crippen molar-refractivity contribution in [1.82, 2.24) is 10.2 Å². The number of ether oxygens (including phenoxy) is 1. The van der Waals surface area contributed by atoms with Crippen LogP contribution < -0.4 is 10.1 Å². The van der Waals surface area contributed by atoms with Gasteiger partial charge in [-0.25, -0.2) is 0 Å². The molecule has 2 aromatic rings. The lowest BCUT2D eigenvalue weighted by Gasteiger charge is -2.31. The zero-order valence-electron chi connectivity index (χ0n) is 17.9. The maximum Gasteiger partial charge on any atom is 0.242 e. The molecule has 2 amide bonds. The van der Waals surface area contributed by atoms with Gasteiger partial charge >= 0.3 is 0 Å². The Hall–Kier alpha value is -2.82. The number of carbonyl (C=O) groups is 2. The van der Waals surface area contributed by atoms with Crippen LogP contribution in [0.25, 0.3) is 0 Å². The molecule has 0 radical (unpaired) electrons. The lowest BCUT2D eigenvalue weighted by Crippen LogP contribution is -2.49. The fraction of sp³-hybridized carbons (Fsp3) is 0.417. The average Bonchev–Trinajstić information content (AvgIpc) is 2.74. The average molecular weight is 397 g/mol. The molecule has 0 unspecified atom stereocenters. The highest BCUT2D eigenvalue weighted by molar-refractivity contribution is 5.88. The van der Waals surface area contributed by atoms with E-state index in [1.165, 1.54) is 0 Å². The molecule has 1 atom stereocenters. The number of benzene rings is 2. The van der Waals surface area contributed by atoms with Crippen LogP contribution >= 0.6 is 0 Å². The SMILES string of the molecule is CCCNC(=O)[C@@H](CC)N(Cc1ccc(OC)cc1)C(=O)Cc1ccccc1C. The van der Waals surface area contributed by atoms with E-state index in [0.29, 0.717) is 19.5 Å². The summed E-state index contributed by atoms with van der Waals surface area (Å²) >= 11 is 0. The highest BCUT2D eigenvalue weighted by atomic mass is 16.5. The molecule has 0 aliphatic rings. The molecule has 1 N–H and O–H groups in total. The molecule has 0 saturated carbocycles. The first-order chi connectivity index (χ1) is 14.0. The molecule has 0 fully saturated rings. The van der Waals surface area contributed by atoms with E-state index < -0.39 is 6.04 Å². The molecule has 0 heterocycles. The first-order valence-electron chi connectivity index (χ1n) is 10.2. The molecule has 5 nitrogen and oxygen atoms in total. The maximum atomic E-state index is 13.3. The number of nitrogens with one attached hydrogen (secondary N) is 1. The van der Waals surface area contributed by atoms with Gasteiger partial charge in [-0.2, -0.15) is 0 Å². The summed E-state index contributed by atoms with van der Waals surface area (Å²) in [6.45, 7) is 6.95. The third kappa shape index (κ3) is 6.34. The van der Waals surface area contributed by atoms with Crippen molar-refractivity contribution in [3.05, 3.63) is 65.2 Å². The van der Waals surface area contributed by atoms with Gasteiger partial charge in [-0.05, 0) is 48.6 Å². The fourth-order valence-electron chi connectivity index (χ4n) is 3.29. The van der Waals surface area contributed by atoms with Gasteiger partial charge in [-0.1, -0.05) is 50.2 Å². The molecule has 156 valence electrons. The smallest absolute Gasteiger partial charge is 0.242 e. The molecule has 0 aliphatic carbocycles. The summed E-state index contributed by atoms with van der Waals surface area (Å²) in [6, 6.07) is 15.0. The minimum Gasteiger partial charge on any atom is -0.497 e. The van der Waals surface area contributed by atoms with Crippen LogP contribution in [-0.4, -0.2) is 36.4 Å². The van der Waals surface area contributed by atoms with E-state index in [4.69, 9.17) is 4.74 Å². The van der Waals surface area contributed by atoms with Crippen molar-refractivity contribution in [2.45, 2.75) is 52.6 Å². The van der Waals surface area contributed by atoms with E-state index in [0.717, 1.165) is 28.9 Å². The Balaban J connectivity index is 2.27. The van der Waals surface area contributed by atoms with Crippen LogP contribution in [-0.2, 0) is 22.6 Å². The Labute approximate surface area is 174 Å². The maximum absolute atomic E-state index is 13.3. The summed E-state index contributed by atoms with van der Waals surface area (Å²) in [4.78, 5) is 27.8. The van der Waals surface area contributed by atoms with E-state index >= 15 is 0 Å². The number of nitrogens with zero attached hydrogens (tertiary/aromatic N) is 1. The van der Waals surface area contributed by atoms with Crippen LogP contribution in [0.2, 0.25) is 0 Å². The van der Waals surface area contributed by atoms with Crippen LogP contribution in [0.4, 0.5) is 0 Å². The van der Waals surface area contributed by atoms with Crippen molar-refractivity contribution in [1.29, 1.82) is 0 Å². The summed E-state index contributed by atoms with van der Waals surface area (Å²) < 4.78 is 5.22. The van der Waals surface area contributed by atoms with Crippen molar-refractivity contribution in [3.63, 3.8) is 0 Å². The third-order valence-electron chi connectivity index (χ3n) is 5.05. The summed E-state index contributed by atoms with van der Waals surface area (Å²) in [5.74, 6) is 0.619. The normalized spacial score (nSPS) is 11.6. The van der Waals surface area contributed by atoms with E-state index in [2.05, 4.69) is 5.32 Å². The third-order valence-corrected chi connectivity index (χ3v) is 5.05. The lowest BCUT2D eigenvalue weighted by molar-refractivity contribution is -0.140. The Morgan fingerprint density at radius 2 is 1.76 bits per heavy atom. The monoisotopic (exact) mass is 396 g/mol. The van der Waals surface area contributed by atoms with E-state index in [9.17, 15) is 9.59 Å². The van der Waals surface area contributed by atoms with Gasteiger partial charge in [0.15, 0.2) is 0 Å². The van der Waals surface area contributed by atoms with E-state index in [1.807, 2.05) is 69.3 Å². The second-order valence-electron chi connectivity index (χ2n) is 7.19. The van der Waals surface area contributed by atoms with Gasteiger partial charge in [-0.3, -0.25) is 9.59 Å². The Kier molecular flexibility index (Phi) is 8.71. The lowest BCUT2D eigenvalue weighted by atomic mass is 10.0. The van der Waals surface area contributed by atoms with Crippen LogP contribution in [0, 0.1) is 6.92 Å². The number of hydrogen-bond acceptors (Lipinski definition) is 3. The number of rotatable bonds is 10. The molecule has 0 bridgehead atoms. The fourth-order valence-corrected chi connectivity index (χ4v) is 3.29.